The average molecular weight is 1230 g/mol. The molecule has 6 nitrogen and oxygen atoms in total. The Balaban J connectivity index is 3.28. The Morgan fingerprint density at radius 3 is 0.885 bits per heavy atom. The second-order valence-corrected chi connectivity index (χ2v) is 27.8. The number of amides is 1. The van der Waals surface area contributed by atoms with E-state index in [2.05, 4.69) is 43.5 Å². The Hall–Kier alpha value is -1.66. The number of carbonyl (C=O) groups is 2. The van der Waals surface area contributed by atoms with E-state index in [1.807, 2.05) is 0 Å². The molecule has 3 N–H and O–H groups in total. The summed E-state index contributed by atoms with van der Waals surface area (Å²) < 4.78 is 5.50. The molecule has 0 rings (SSSR count). The summed E-state index contributed by atoms with van der Waals surface area (Å²) in [5, 5.41) is 23.4. The Labute approximate surface area is 545 Å². The van der Waals surface area contributed by atoms with E-state index in [-0.39, 0.29) is 18.5 Å². The van der Waals surface area contributed by atoms with E-state index < -0.39 is 12.1 Å². The first-order valence-electron chi connectivity index (χ1n) is 40.1. The fourth-order valence-electron chi connectivity index (χ4n) is 12.9. The number of aliphatic hydroxyl groups is 2. The predicted octanol–water partition coefficient (Wildman–Crippen LogP) is 26.4. The molecule has 516 valence electrons. The number of nitrogens with one attached hydrogen (secondary N) is 1. The normalized spacial score (nSPS) is 12.6. The topological polar surface area (TPSA) is 95.9 Å². The molecule has 0 heterocycles. The molecule has 0 aromatic rings. The quantitative estimate of drug-likeness (QED) is 0.0320. The minimum Gasteiger partial charge on any atom is -0.466 e. The van der Waals surface area contributed by atoms with Crippen molar-refractivity contribution in [1.82, 2.24) is 5.32 Å². The highest BCUT2D eigenvalue weighted by Crippen LogP contribution is 2.20. The molecule has 0 saturated heterocycles. The number of unbranched alkanes of at least 4 members (excludes halogenated alkanes) is 61. The van der Waals surface area contributed by atoms with Crippen LogP contribution in [0.5, 0.6) is 0 Å². The molecule has 2 atom stereocenters. The molecule has 2 unspecified atom stereocenters. The van der Waals surface area contributed by atoms with Crippen molar-refractivity contribution >= 4 is 11.9 Å². The van der Waals surface area contributed by atoms with Gasteiger partial charge in [-0.3, -0.25) is 9.59 Å². The Bertz CT molecular complexity index is 1360. The molecule has 0 saturated carbocycles. The molecule has 0 aliphatic rings. The zero-order valence-corrected chi connectivity index (χ0v) is 59.3. The third-order valence-electron chi connectivity index (χ3n) is 19.0. The van der Waals surface area contributed by atoms with E-state index >= 15 is 0 Å². The Morgan fingerprint density at radius 2 is 0.575 bits per heavy atom. The Morgan fingerprint density at radius 1 is 0.322 bits per heavy atom. The van der Waals surface area contributed by atoms with Crippen molar-refractivity contribution < 1.29 is 24.5 Å². The fraction of sp³-hybridized carbons (Fsp3) is 0.926. The monoisotopic (exact) mass is 1220 g/mol. The van der Waals surface area contributed by atoms with Crippen LogP contribution in [0.2, 0.25) is 0 Å². The lowest BCUT2D eigenvalue weighted by molar-refractivity contribution is -0.143. The standard InChI is InChI=1S/C81H157NO5/c1-3-5-7-9-11-13-15-17-19-47-51-55-59-63-67-71-75-81(86)87-76-72-68-64-60-56-52-48-44-42-40-38-36-34-32-30-28-26-24-22-20-21-23-25-27-29-31-33-35-37-39-41-43-46-50-54-58-62-66-70-74-80(85)82-78(77-83)79(84)73-69-65-61-57-53-49-45-18-16-14-12-10-8-6-4-2/h13,15,19,47,78-79,83-84H,3-12,14,16-18,20-46,48-77H2,1-2H3,(H,82,85)/b15-13-,47-19-. The number of hydrogen-bond donors (Lipinski definition) is 3. The third kappa shape index (κ3) is 73.3. The van der Waals surface area contributed by atoms with Crippen LogP contribution in [0.15, 0.2) is 24.3 Å². The van der Waals surface area contributed by atoms with Crippen molar-refractivity contribution in [3.8, 4) is 0 Å². The molecule has 0 aromatic carbocycles. The van der Waals surface area contributed by atoms with Crippen molar-refractivity contribution in [2.24, 2.45) is 0 Å². The SMILES string of the molecule is CCCCCC/C=C\C/C=C\CCCCCCCC(=O)OCCCCCCCCCCCCCCCCCCCCCCCCCCCCCCCCCCCCCCCCCC(=O)NC(CO)C(O)CCCCCCCCCCCCCCCCC. The van der Waals surface area contributed by atoms with Crippen molar-refractivity contribution in [2.45, 2.75) is 469 Å². The van der Waals surface area contributed by atoms with Crippen LogP contribution >= 0.6 is 0 Å². The lowest BCUT2D eigenvalue weighted by atomic mass is 10.0. The maximum atomic E-state index is 12.5. The highest BCUT2D eigenvalue weighted by molar-refractivity contribution is 5.76. The largest absolute Gasteiger partial charge is 0.466 e. The molecular weight excluding hydrogens is 1070 g/mol. The molecule has 0 spiro atoms. The number of ether oxygens (including phenoxy) is 1. The van der Waals surface area contributed by atoms with Gasteiger partial charge in [-0.05, 0) is 57.8 Å². The van der Waals surface area contributed by atoms with Crippen LogP contribution in [-0.4, -0.2) is 47.4 Å². The van der Waals surface area contributed by atoms with E-state index in [0.717, 1.165) is 51.4 Å². The molecule has 1 amide bonds. The summed E-state index contributed by atoms with van der Waals surface area (Å²) in [4.78, 5) is 24.6. The minimum atomic E-state index is -0.659. The maximum Gasteiger partial charge on any atom is 0.305 e. The van der Waals surface area contributed by atoms with E-state index in [4.69, 9.17) is 4.74 Å². The average Bonchev–Trinajstić information content (AvgIpc) is 3.56. The molecule has 87 heavy (non-hydrogen) atoms. The number of hydrogen-bond acceptors (Lipinski definition) is 5. The van der Waals surface area contributed by atoms with Gasteiger partial charge in [-0.1, -0.05) is 411 Å². The first kappa shape index (κ1) is 85.3. The van der Waals surface area contributed by atoms with Crippen LogP contribution < -0.4 is 5.32 Å². The van der Waals surface area contributed by atoms with Crippen LogP contribution in [-0.2, 0) is 14.3 Å². The number of carbonyl (C=O) groups excluding carboxylic acids is 2. The van der Waals surface area contributed by atoms with Crippen LogP contribution in [0.25, 0.3) is 0 Å². The number of aliphatic hydroxyl groups excluding tert-OH is 2. The molecule has 0 aliphatic carbocycles. The van der Waals surface area contributed by atoms with Gasteiger partial charge in [-0.25, -0.2) is 0 Å². The first-order chi connectivity index (χ1) is 43.0. The molecule has 0 radical (unpaired) electrons. The summed E-state index contributed by atoms with van der Waals surface area (Å²) in [6, 6.07) is -0.536. The van der Waals surface area contributed by atoms with Gasteiger partial charge in [0.05, 0.1) is 25.4 Å². The lowest BCUT2D eigenvalue weighted by Crippen LogP contribution is -2.45. The van der Waals surface area contributed by atoms with Crippen molar-refractivity contribution in [2.75, 3.05) is 13.2 Å². The summed E-state index contributed by atoms with van der Waals surface area (Å²) in [5.74, 6) is -0.0138. The van der Waals surface area contributed by atoms with Crippen LogP contribution in [0.1, 0.15) is 457 Å². The first-order valence-corrected chi connectivity index (χ1v) is 40.1. The smallest absolute Gasteiger partial charge is 0.305 e. The summed E-state index contributed by atoms with van der Waals surface area (Å²) >= 11 is 0. The van der Waals surface area contributed by atoms with Gasteiger partial charge in [0.25, 0.3) is 0 Å². The summed E-state index contributed by atoms with van der Waals surface area (Å²) in [7, 11) is 0. The van der Waals surface area contributed by atoms with Gasteiger partial charge in [0.15, 0.2) is 0 Å². The van der Waals surface area contributed by atoms with Crippen LogP contribution in [0, 0.1) is 0 Å². The molecule has 0 bridgehead atoms. The summed E-state index contributed by atoms with van der Waals surface area (Å²) in [5.41, 5.74) is 0. The Kier molecular flexibility index (Phi) is 75.3. The van der Waals surface area contributed by atoms with Gasteiger partial charge >= 0.3 is 5.97 Å². The van der Waals surface area contributed by atoms with Gasteiger partial charge in [0.1, 0.15) is 0 Å². The second kappa shape index (κ2) is 76.8. The lowest BCUT2D eigenvalue weighted by Gasteiger charge is -2.22. The zero-order chi connectivity index (χ0) is 62.8. The van der Waals surface area contributed by atoms with Crippen molar-refractivity contribution in [1.29, 1.82) is 0 Å². The summed E-state index contributed by atoms with van der Waals surface area (Å²) in [6.45, 7) is 4.97. The van der Waals surface area contributed by atoms with Crippen LogP contribution in [0.3, 0.4) is 0 Å². The van der Waals surface area contributed by atoms with Crippen LogP contribution in [0.4, 0.5) is 0 Å². The molecule has 0 aromatic heterocycles. The number of rotatable bonds is 76. The van der Waals surface area contributed by atoms with Gasteiger partial charge in [0, 0.05) is 12.8 Å². The van der Waals surface area contributed by atoms with E-state index in [1.165, 1.54) is 372 Å². The molecular formula is C81H157NO5. The summed E-state index contributed by atoms with van der Waals surface area (Å²) in [6.07, 6.45) is 98.6. The van der Waals surface area contributed by atoms with Gasteiger partial charge in [-0.15, -0.1) is 0 Å². The van der Waals surface area contributed by atoms with E-state index in [0.29, 0.717) is 25.9 Å². The van der Waals surface area contributed by atoms with E-state index in [9.17, 15) is 19.8 Å². The number of allylic oxidation sites excluding steroid dienone is 4. The molecule has 6 heteroatoms. The fourth-order valence-corrected chi connectivity index (χ4v) is 12.9. The van der Waals surface area contributed by atoms with Crippen molar-refractivity contribution in [3.05, 3.63) is 24.3 Å². The van der Waals surface area contributed by atoms with Gasteiger partial charge in [0.2, 0.25) is 5.91 Å². The zero-order valence-electron chi connectivity index (χ0n) is 59.3. The van der Waals surface area contributed by atoms with Gasteiger partial charge in [-0.2, -0.15) is 0 Å². The highest BCUT2D eigenvalue weighted by atomic mass is 16.5. The van der Waals surface area contributed by atoms with Crippen molar-refractivity contribution in [3.63, 3.8) is 0 Å². The van der Waals surface area contributed by atoms with Gasteiger partial charge < -0.3 is 20.3 Å². The predicted molar refractivity (Wildman–Crippen MR) is 384 cm³/mol. The maximum absolute atomic E-state index is 12.5. The highest BCUT2D eigenvalue weighted by Gasteiger charge is 2.20. The second-order valence-electron chi connectivity index (χ2n) is 27.8. The third-order valence-corrected chi connectivity index (χ3v) is 19.0. The minimum absolute atomic E-state index is 0.0113. The number of esters is 1. The molecule has 0 aliphatic heterocycles. The van der Waals surface area contributed by atoms with E-state index in [1.54, 1.807) is 0 Å². The molecule has 0 fully saturated rings.